The number of oxazole rings is 1. The molecule has 0 aliphatic rings. The van der Waals surface area contributed by atoms with Crippen LogP contribution < -0.4 is 5.32 Å². The summed E-state index contributed by atoms with van der Waals surface area (Å²) in [5.41, 5.74) is 4.40. The summed E-state index contributed by atoms with van der Waals surface area (Å²) in [7, 11) is 0. The molecule has 0 saturated heterocycles. The van der Waals surface area contributed by atoms with Crippen molar-refractivity contribution in [1.29, 1.82) is 0 Å². The highest BCUT2D eigenvalue weighted by Gasteiger charge is 2.09. The molecular weight excluding hydrogens is 356 g/mol. The van der Waals surface area contributed by atoms with Crippen LogP contribution in [0.2, 0.25) is 0 Å². The number of nitrogens with zero attached hydrogens (tertiary/aromatic N) is 1. The molecule has 3 aromatic carbocycles. The van der Waals surface area contributed by atoms with Crippen LogP contribution in [0.3, 0.4) is 0 Å². The van der Waals surface area contributed by atoms with Crippen LogP contribution in [-0.4, -0.2) is 16.6 Å². The summed E-state index contributed by atoms with van der Waals surface area (Å²) in [4.78, 5) is 17.8. The number of carbonyl (C=O) groups is 1. The average Bonchev–Trinajstić information content (AvgIpc) is 3.12. The summed E-state index contributed by atoms with van der Waals surface area (Å²) >= 11 is 1.54. The van der Waals surface area contributed by atoms with Gasteiger partial charge in [-0.15, -0.1) is 11.8 Å². The van der Waals surface area contributed by atoms with Gasteiger partial charge < -0.3 is 9.73 Å². The van der Waals surface area contributed by atoms with Gasteiger partial charge in [-0.25, -0.2) is 4.98 Å². The Kier molecular flexibility index (Phi) is 4.94. The van der Waals surface area contributed by atoms with Gasteiger partial charge in [-0.2, -0.15) is 0 Å². The number of amides is 1. The van der Waals surface area contributed by atoms with Crippen LogP contribution in [0.15, 0.2) is 82.1 Å². The number of aromatic nitrogens is 1. The number of rotatable bonds is 5. The van der Waals surface area contributed by atoms with Gasteiger partial charge in [-0.3, -0.25) is 4.79 Å². The third-order valence-electron chi connectivity index (χ3n) is 4.16. The zero-order chi connectivity index (χ0) is 18.6. The SMILES string of the molecule is Cc1ccccc1SCC(=O)Nc1ccc(-c2nc3ccccc3o2)cc1. The lowest BCUT2D eigenvalue weighted by atomic mass is 10.2. The van der Waals surface area contributed by atoms with Crippen LogP contribution >= 0.6 is 11.8 Å². The maximum absolute atomic E-state index is 12.2. The maximum Gasteiger partial charge on any atom is 0.234 e. The Labute approximate surface area is 161 Å². The average molecular weight is 374 g/mol. The van der Waals surface area contributed by atoms with Crippen molar-refractivity contribution in [3.05, 3.63) is 78.4 Å². The Bertz CT molecular complexity index is 1050. The Balaban J connectivity index is 1.40. The molecule has 0 fully saturated rings. The molecule has 0 aliphatic heterocycles. The first kappa shape index (κ1) is 17.4. The Morgan fingerprint density at radius 3 is 2.52 bits per heavy atom. The van der Waals surface area contributed by atoms with Crippen LogP contribution in [0.1, 0.15) is 5.56 Å². The van der Waals surface area contributed by atoms with Crippen LogP contribution in [0, 0.1) is 6.92 Å². The van der Waals surface area contributed by atoms with Crippen LogP contribution in [0.5, 0.6) is 0 Å². The van der Waals surface area contributed by atoms with Gasteiger partial charge in [0, 0.05) is 16.1 Å². The number of nitrogens with one attached hydrogen (secondary N) is 1. The zero-order valence-electron chi connectivity index (χ0n) is 14.8. The number of hydrogen-bond acceptors (Lipinski definition) is 4. The van der Waals surface area contributed by atoms with Gasteiger partial charge in [0.15, 0.2) is 5.58 Å². The molecular formula is C22H18N2O2S. The molecule has 1 aromatic heterocycles. The second-order valence-electron chi connectivity index (χ2n) is 6.17. The van der Waals surface area contributed by atoms with Crippen molar-refractivity contribution >= 4 is 34.5 Å². The molecule has 4 aromatic rings. The molecule has 1 heterocycles. The molecule has 0 aliphatic carbocycles. The molecule has 134 valence electrons. The van der Waals surface area contributed by atoms with E-state index in [1.165, 1.54) is 17.3 Å². The minimum Gasteiger partial charge on any atom is -0.436 e. The van der Waals surface area contributed by atoms with Gasteiger partial charge in [0.2, 0.25) is 11.8 Å². The third kappa shape index (κ3) is 4.04. The molecule has 27 heavy (non-hydrogen) atoms. The quantitative estimate of drug-likeness (QED) is 0.466. The van der Waals surface area contributed by atoms with Crippen LogP contribution in [-0.2, 0) is 4.79 Å². The number of aryl methyl sites for hydroxylation is 1. The highest BCUT2D eigenvalue weighted by molar-refractivity contribution is 8.00. The van der Waals surface area contributed by atoms with E-state index in [1.807, 2.05) is 79.7 Å². The van der Waals surface area contributed by atoms with Crippen molar-refractivity contribution in [2.75, 3.05) is 11.1 Å². The topological polar surface area (TPSA) is 55.1 Å². The van der Waals surface area contributed by atoms with E-state index in [2.05, 4.69) is 10.3 Å². The van der Waals surface area contributed by atoms with Crippen molar-refractivity contribution in [3.8, 4) is 11.5 Å². The Hall–Kier alpha value is -3.05. The molecule has 1 N–H and O–H groups in total. The molecule has 0 bridgehead atoms. The predicted octanol–water partition coefficient (Wildman–Crippen LogP) is 5.53. The number of para-hydroxylation sites is 2. The summed E-state index contributed by atoms with van der Waals surface area (Å²) in [5.74, 6) is 0.916. The highest BCUT2D eigenvalue weighted by Crippen LogP contribution is 2.26. The van der Waals surface area contributed by atoms with Gasteiger partial charge >= 0.3 is 0 Å². The Morgan fingerprint density at radius 1 is 1.00 bits per heavy atom. The van der Waals surface area contributed by atoms with Crippen molar-refractivity contribution in [2.24, 2.45) is 0 Å². The standard InChI is InChI=1S/C22H18N2O2S/c1-15-6-2-5-9-20(15)27-14-21(25)23-17-12-10-16(11-13-17)22-24-18-7-3-4-8-19(18)26-22/h2-13H,14H2,1H3,(H,23,25). The van der Waals surface area contributed by atoms with Crippen molar-refractivity contribution < 1.29 is 9.21 Å². The molecule has 0 spiro atoms. The third-order valence-corrected chi connectivity index (χ3v) is 5.34. The van der Waals surface area contributed by atoms with Gasteiger partial charge in [-0.1, -0.05) is 30.3 Å². The smallest absolute Gasteiger partial charge is 0.234 e. The van der Waals surface area contributed by atoms with Gasteiger partial charge in [0.1, 0.15) is 5.52 Å². The van der Waals surface area contributed by atoms with Crippen LogP contribution in [0.25, 0.3) is 22.6 Å². The van der Waals surface area contributed by atoms with Crippen molar-refractivity contribution in [3.63, 3.8) is 0 Å². The molecule has 0 radical (unpaired) electrons. The lowest BCUT2D eigenvalue weighted by molar-refractivity contribution is -0.113. The second kappa shape index (κ2) is 7.68. The molecule has 1 amide bonds. The molecule has 0 unspecified atom stereocenters. The summed E-state index contributed by atoms with van der Waals surface area (Å²) in [6.45, 7) is 2.05. The molecule has 4 nitrogen and oxygen atoms in total. The predicted molar refractivity (Wildman–Crippen MR) is 110 cm³/mol. The van der Waals surface area contributed by atoms with Gasteiger partial charge in [0.25, 0.3) is 0 Å². The van der Waals surface area contributed by atoms with Crippen molar-refractivity contribution in [2.45, 2.75) is 11.8 Å². The Morgan fingerprint density at radius 2 is 1.74 bits per heavy atom. The molecule has 5 heteroatoms. The van der Waals surface area contributed by atoms with Crippen LogP contribution in [0.4, 0.5) is 5.69 Å². The molecule has 4 rings (SSSR count). The summed E-state index contributed by atoms with van der Waals surface area (Å²) in [6, 6.07) is 23.2. The number of carbonyl (C=O) groups excluding carboxylic acids is 1. The van der Waals surface area contributed by atoms with Gasteiger partial charge in [0.05, 0.1) is 5.75 Å². The lowest BCUT2D eigenvalue weighted by Gasteiger charge is -2.07. The summed E-state index contributed by atoms with van der Waals surface area (Å²) in [6.07, 6.45) is 0. The normalized spacial score (nSPS) is 10.9. The summed E-state index contributed by atoms with van der Waals surface area (Å²) < 4.78 is 5.77. The van der Waals surface area contributed by atoms with E-state index < -0.39 is 0 Å². The molecule has 0 atom stereocenters. The second-order valence-corrected chi connectivity index (χ2v) is 7.18. The fraction of sp³-hybridized carbons (Fsp3) is 0.0909. The monoisotopic (exact) mass is 374 g/mol. The lowest BCUT2D eigenvalue weighted by Crippen LogP contribution is -2.13. The van der Waals surface area contributed by atoms with E-state index in [-0.39, 0.29) is 5.91 Å². The number of hydrogen-bond donors (Lipinski definition) is 1. The fourth-order valence-electron chi connectivity index (χ4n) is 2.75. The zero-order valence-corrected chi connectivity index (χ0v) is 15.6. The maximum atomic E-state index is 12.2. The highest BCUT2D eigenvalue weighted by atomic mass is 32.2. The van der Waals surface area contributed by atoms with Gasteiger partial charge in [-0.05, 0) is 55.0 Å². The fourth-order valence-corrected chi connectivity index (χ4v) is 3.58. The first-order valence-corrected chi connectivity index (χ1v) is 9.62. The minimum absolute atomic E-state index is 0.0298. The molecule has 0 saturated carbocycles. The minimum atomic E-state index is -0.0298. The largest absolute Gasteiger partial charge is 0.436 e. The van der Waals surface area contributed by atoms with E-state index in [9.17, 15) is 4.79 Å². The van der Waals surface area contributed by atoms with E-state index >= 15 is 0 Å². The van der Waals surface area contributed by atoms with E-state index in [0.29, 0.717) is 11.6 Å². The van der Waals surface area contributed by atoms with E-state index in [1.54, 1.807) is 0 Å². The number of benzene rings is 3. The van der Waals surface area contributed by atoms with E-state index in [0.717, 1.165) is 27.2 Å². The summed E-state index contributed by atoms with van der Waals surface area (Å²) in [5, 5.41) is 2.93. The number of fused-ring (bicyclic) bond motifs is 1. The number of thioether (sulfide) groups is 1. The van der Waals surface area contributed by atoms with E-state index in [4.69, 9.17) is 4.42 Å². The first-order chi connectivity index (χ1) is 13.2. The van der Waals surface area contributed by atoms with Crippen molar-refractivity contribution in [1.82, 2.24) is 4.98 Å². The number of anilines is 1. The first-order valence-electron chi connectivity index (χ1n) is 8.63.